The Bertz CT molecular complexity index is 927. The summed E-state index contributed by atoms with van der Waals surface area (Å²) in [6.07, 6.45) is -0.286. The van der Waals surface area contributed by atoms with Crippen molar-refractivity contribution in [1.29, 1.82) is 0 Å². The van der Waals surface area contributed by atoms with Gasteiger partial charge in [-0.1, -0.05) is 41.9 Å². The number of halogens is 1. The number of carbonyl (C=O) groups is 1. The van der Waals surface area contributed by atoms with Gasteiger partial charge < -0.3 is 10.1 Å². The number of hydrogen-bond acceptors (Lipinski definition) is 5. The summed E-state index contributed by atoms with van der Waals surface area (Å²) in [5, 5.41) is 6.85. The van der Waals surface area contributed by atoms with Crippen LogP contribution in [-0.4, -0.2) is 24.2 Å². The topological polar surface area (TPSA) is 54.5 Å². The van der Waals surface area contributed by atoms with Gasteiger partial charge in [0.05, 0.1) is 12.2 Å². The summed E-state index contributed by atoms with van der Waals surface area (Å²) in [5.41, 5.74) is 3.76. The minimum absolute atomic E-state index is 0.286. The van der Waals surface area contributed by atoms with Gasteiger partial charge in [-0.15, -0.1) is 11.3 Å². The molecular weight excluding hydrogens is 370 g/mol. The van der Waals surface area contributed by atoms with Gasteiger partial charge in [0.25, 0.3) is 0 Å². The third kappa shape index (κ3) is 3.52. The summed E-state index contributed by atoms with van der Waals surface area (Å²) in [5.74, 6) is 0. The summed E-state index contributed by atoms with van der Waals surface area (Å²) in [4.78, 5) is 17.8. The fraction of sp³-hybridized carbons (Fsp3) is 0.158. The average molecular weight is 386 g/mol. The molecule has 0 radical (unpaired) electrons. The SMILES string of the molecule is O=C1OCCN1c1ccc(CNc2nc(-c3ccccc3Cl)cs2)cc1. The zero-order valence-electron chi connectivity index (χ0n) is 13.8. The maximum atomic E-state index is 11.6. The molecule has 0 saturated carbocycles. The zero-order valence-corrected chi connectivity index (χ0v) is 15.4. The Hall–Kier alpha value is -2.57. The lowest BCUT2D eigenvalue weighted by Crippen LogP contribution is -2.23. The Kier molecular flexibility index (Phi) is 4.77. The number of cyclic esters (lactones) is 1. The first-order chi connectivity index (χ1) is 12.7. The molecule has 1 fully saturated rings. The maximum Gasteiger partial charge on any atom is 0.414 e. The lowest BCUT2D eigenvalue weighted by atomic mass is 10.2. The third-order valence-corrected chi connectivity index (χ3v) is 5.24. The molecule has 2 aromatic carbocycles. The molecule has 0 spiro atoms. The Labute approximate surface area is 160 Å². The first kappa shape index (κ1) is 16.9. The number of thiazole rings is 1. The van der Waals surface area contributed by atoms with E-state index in [9.17, 15) is 4.79 Å². The van der Waals surface area contributed by atoms with Gasteiger partial charge in [-0.05, 0) is 23.8 Å². The van der Waals surface area contributed by atoms with Crippen molar-refractivity contribution in [2.45, 2.75) is 6.54 Å². The molecule has 4 rings (SSSR count). The summed E-state index contributed by atoms with van der Waals surface area (Å²) in [6, 6.07) is 15.5. The van der Waals surface area contributed by atoms with Gasteiger partial charge in [0, 0.05) is 28.2 Å². The van der Waals surface area contributed by atoms with Gasteiger partial charge in [-0.3, -0.25) is 4.90 Å². The van der Waals surface area contributed by atoms with Crippen LogP contribution < -0.4 is 10.2 Å². The van der Waals surface area contributed by atoms with Crippen LogP contribution in [0.25, 0.3) is 11.3 Å². The number of carbonyl (C=O) groups excluding carboxylic acids is 1. The highest BCUT2D eigenvalue weighted by Gasteiger charge is 2.23. The lowest BCUT2D eigenvalue weighted by Gasteiger charge is -2.13. The number of ether oxygens (including phenoxy) is 1. The molecule has 2 heterocycles. The van der Waals surface area contributed by atoms with Crippen LogP contribution in [0.3, 0.4) is 0 Å². The minimum atomic E-state index is -0.286. The molecule has 1 saturated heterocycles. The van der Waals surface area contributed by atoms with Crippen LogP contribution in [0.1, 0.15) is 5.56 Å². The van der Waals surface area contributed by atoms with Crippen LogP contribution >= 0.6 is 22.9 Å². The predicted molar refractivity (Wildman–Crippen MR) is 105 cm³/mol. The molecule has 1 aromatic heterocycles. The number of benzene rings is 2. The van der Waals surface area contributed by atoms with E-state index in [2.05, 4.69) is 10.3 Å². The van der Waals surface area contributed by atoms with E-state index in [0.29, 0.717) is 24.7 Å². The highest BCUT2D eigenvalue weighted by molar-refractivity contribution is 7.14. The van der Waals surface area contributed by atoms with Crippen LogP contribution in [0.2, 0.25) is 5.02 Å². The van der Waals surface area contributed by atoms with Gasteiger partial charge in [0.1, 0.15) is 6.61 Å². The molecular formula is C19H16ClN3O2S. The largest absolute Gasteiger partial charge is 0.447 e. The summed E-state index contributed by atoms with van der Waals surface area (Å²) < 4.78 is 4.96. The Morgan fingerprint density at radius 1 is 1.19 bits per heavy atom. The second kappa shape index (κ2) is 7.35. The Morgan fingerprint density at radius 3 is 2.73 bits per heavy atom. The molecule has 1 amide bonds. The highest BCUT2D eigenvalue weighted by atomic mass is 35.5. The molecule has 0 aliphatic carbocycles. The van der Waals surface area contributed by atoms with Crippen LogP contribution in [0.5, 0.6) is 0 Å². The molecule has 26 heavy (non-hydrogen) atoms. The van der Waals surface area contributed by atoms with E-state index in [4.69, 9.17) is 16.3 Å². The van der Waals surface area contributed by atoms with E-state index in [0.717, 1.165) is 27.6 Å². The van der Waals surface area contributed by atoms with Crippen molar-refractivity contribution in [3.05, 3.63) is 64.5 Å². The van der Waals surface area contributed by atoms with Crippen molar-refractivity contribution in [3.8, 4) is 11.3 Å². The fourth-order valence-corrected chi connectivity index (χ4v) is 3.69. The number of amides is 1. The van der Waals surface area contributed by atoms with Gasteiger partial charge in [0.2, 0.25) is 0 Å². The van der Waals surface area contributed by atoms with E-state index < -0.39 is 0 Å². The van der Waals surface area contributed by atoms with Crippen molar-refractivity contribution >= 4 is 39.8 Å². The smallest absolute Gasteiger partial charge is 0.414 e. The molecule has 1 aliphatic rings. The standard InChI is InChI=1S/C19H16ClN3O2S/c20-16-4-2-1-3-15(16)17-12-26-18(22-17)21-11-13-5-7-14(8-6-13)23-9-10-25-19(23)24/h1-8,12H,9-11H2,(H,21,22). The number of rotatable bonds is 5. The summed E-state index contributed by atoms with van der Waals surface area (Å²) in [7, 11) is 0. The van der Waals surface area contributed by atoms with E-state index in [1.807, 2.05) is 53.9 Å². The van der Waals surface area contributed by atoms with Crippen LogP contribution in [0, 0.1) is 0 Å². The van der Waals surface area contributed by atoms with Crippen LogP contribution in [-0.2, 0) is 11.3 Å². The maximum absolute atomic E-state index is 11.6. The van der Waals surface area contributed by atoms with Crippen molar-refractivity contribution in [2.24, 2.45) is 0 Å². The van der Waals surface area contributed by atoms with Crippen molar-refractivity contribution in [3.63, 3.8) is 0 Å². The molecule has 0 unspecified atom stereocenters. The Morgan fingerprint density at radius 2 is 2.00 bits per heavy atom. The van der Waals surface area contributed by atoms with Gasteiger partial charge >= 0.3 is 6.09 Å². The van der Waals surface area contributed by atoms with E-state index >= 15 is 0 Å². The second-order valence-electron chi connectivity index (χ2n) is 5.80. The van der Waals surface area contributed by atoms with Gasteiger partial charge in [-0.2, -0.15) is 0 Å². The molecule has 132 valence electrons. The molecule has 1 aliphatic heterocycles. The number of nitrogens with one attached hydrogen (secondary N) is 1. The zero-order chi connectivity index (χ0) is 17.9. The number of hydrogen-bond donors (Lipinski definition) is 1. The minimum Gasteiger partial charge on any atom is -0.447 e. The van der Waals surface area contributed by atoms with Crippen LogP contribution in [0.15, 0.2) is 53.9 Å². The van der Waals surface area contributed by atoms with Gasteiger partial charge in [-0.25, -0.2) is 9.78 Å². The van der Waals surface area contributed by atoms with Crippen molar-refractivity contribution in [2.75, 3.05) is 23.4 Å². The molecule has 1 N–H and O–H groups in total. The fourth-order valence-electron chi connectivity index (χ4n) is 2.75. The molecule has 0 atom stereocenters. The first-order valence-electron chi connectivity index (χ1n) is 8.18. The average Bonchev–Trinajstić information content (AvgIpc) is 3.30. The molecule has 0 bridgehead atoms. The molecule has 5 nitrogen and oxygen atoms in total. The van der Waals surface area contributed by atoms with Crippen molar-refractivity contribution in [1.82, 2.24) is 4.98 Å². The van der Waals surface area contributed by atoms with Crippen molar-refractivity contribution < 1.29 is 9.53 Å². The quantitative estimate of drug-likeness (QED) is 0.669. The predicted octanol–water partition coefficient (Wildman–Crippen LogP) is 5.03. The van der Waals surface area contributed by atoms with E-state index in [-0.39, 0.29) is 6.09 Å². The normalized spacial score (nSPS) is 13.7. The van der Waals surface area contributed by atoms with E-state index in [1.54, 1.807) is 16.2 Å². The summed E-state index contributed by atoms with van der Waals surface area (Å²) in [6.45, 7) is 1.69. The third-order valence-electron chi connectivity index (χ3n) is 4.11. The Balaban J connectivity index is 1.40. The number of anilines is 2. The molecule has 7 heteroatoms. The number of nitrogens with zero attached hydrogens (tertiary/aromatic N) is 2. The van der Waals surface area contributed by atoms with Gasteiger partial charge in [0.15, 0.2) is 5.13 Å². The number of aromatic nitrogens is 1. The first-order valence-corrected chi connectivity index (χ1v) is 9.44. The lowest BCUT2D eigenvalue weighted by molar-refractivity contribution is 0.181. The van der Waals surface area contributed by atoms with E-state index in [1.165, 1.54) is 0 Å². The second-order valence-corrected chi connectivity index (χ2v) is 7.07. The van der Waals surface area contributed by atoms with Crippen LogP contribution in [0.4, 0.5) is 15.6 Å². The summed E-state index contributed by atoms with van der Waals surface area (Å²) >= 11 is 7.77. The highest BCUT2D eigenvalue weighted by Crippen LogP contribution is 2.30. The molecule has 3 aromatic rings. The monoisotopic (exact) mass is 385 g/mol.